The van der Waals surface area contributed by atoms with Crippen LogP contribution in [0.25, 0.3) is 22.4 Å². The number of rotatable bonds is 3. The molecule has 112 valence electrons. The zero-order valence-electron chi connectivity index (χ0n) is 12.4. The maximum atomic E-state index is 6.07. The summed E-state index contributed by atoms with van der Waals surface area (Å²) in [5.74, 6) is 0.429. The second kappa shape index (κ2) is 5.44. The number of ether oxygens (including phenoxy) is 1. The number of nitrogens with zero attached hydrogens (tertiary/aromatic N) is 4. The Kier molecular flexibility index (Phi) is 3.46. The number of aromatic nitrogens is 4. The van der Waals surface area contributed by atoms with E-state index in [9.17, 15) is 0 Å². The summed E-state index contributed by atoms with van der Waals surface area (Å²) >= 11 is 0. The van der Waals surface area contributed by atoms with E-state index in [0.717, 1.165) is 11.1 Å². The van der Waals surface area contributed by atoms with Crippen molar-refractivity contribution >= 4 is 22.8 Å². The molecular formula is C15H16N6O. The Morgan fingerprint density at radius 3 is 2.68 bits per heavy atom. The molecule has 4 N–H and O–H groups in total. The predicted octanol–water partition coefficient (Wildman–Crippen LogP) is 1.96. The van der Waals surface area contributed by atoms with Crippen LogP contribution < -0.4 is 16.2 Å². The van der Waals surface area contributed by atoms with Gasteiger partial charge in [0.2, 0.25) is 11.8 Å². The molecule has 0 spiro atoms. The van der Waals surface area contributed by atoms with E-state index in [0.29, 0.717) is 35.0 Å². The van der Waals surface area contributed by atoms with E-state index in [1.807, 2.05) is 32.0 Å². The van der Waals surface area contributed by atoms with Gasteiger partial charge >= 0.3 is 0 Å². The molecule has 3 aromatic rings. The quantitative estimate of drug-likeness (QED) is 0.710. The molecule has 2 aromatic heterocycles. The average molecular weight is 296 g/mol. The summed E-state index contributed by atoms with van der Waals surface area (Å²) in [6.45, 7) is 4.29. The van der Waals surface area contributed by atoms with Crippen LogP contribution in [0.5, 0.6) is 5.88 Å². The third-order valence-corrected chi connectivity index (χ3v) is 3.16. The molecule has 3 rings (SSSR count). The van der Waals surface area contributed by atoms with Gasteiger partial charge in [0.15, 0.2) is 11.2 Å². The first-order valence-corrected chi connectivity index (χ1v) is 6.88. The fourth-order valence-corrected chi connectivity index (χ4v) is 2.18. The molecule has 0 saturated carbocycles. The van der Waals surface area contributed by atoms with Gasteiger partial charge < -0.3 is 16.2 Å². The van der Waals surface area contributed by atoms with Crippen LogP contribution in [0, 0.1) is 6.92 Å². The van der Waals surface area contributed by atoms with Gasteiger partial charge in [-0.15, -0.1) is 0 Å². The van der Waals surface area contributed by atoms with Crippen molar-refractivity contribution in [2.24, 2.45) is 0 Å². The zero-order valence-corrected chi connectivity index (χ0v) is 12.4. The minimum Gasteiger partial charge on any atom is -0.476 e. The first-order chi connectivity index (χ1) is 10.6. The Bertz CT molecular complexity index is 849. The Hall–Kier alpha value is -2.96. The molecule has 0 fully saturated rings. The predicted molar refractivity (Wildman–Crippen MR) is 85.3 cm³/mol. The number of fused-ring (bicyclic) bond motifs is 1. The second-order valence-electron chi connectivity index (χ2n) is 4.84. The van der Waals surface area contributed by atoms with Gasteiger partial charge in [0, 0.05) is 11.3 Å². The maximum absolute atomic E-state index is 6.07. The summed E-state index contributed by atoms with van der Waals surface area (Å²) in [6.07, 6.45) is 1.62. The van der Waals surface area contributed by atoms with Crippen molar-refractivity contribution in [1.29, 1.82) is 0 Å². The van der Waals surface area contributed by atoms with Gasteiger partial charge in [-0.25, -0.2) is 9.97 Å². The molecule has 2 heterocycles. The van der Waals surface area contributed by atoms with E-state index in [2.05, 4.69) is 19.9 Å². The zero-order chi connectivity index (χ0) is 15.7. The summed E-state index contributed by atoms with van der Waals surface area (Å²) in [7, 11) is 0. The molecule has 22 heavy (non-hydrogen) atoms. The number of aryl methyl sites for hydroxylation is 1. The van der Waals surface area contributed by atoms with E-state index in [1.165, 1.54) is 0 Å². The summed E-state index contributed by atoms with van der Waals surface area (Å²) in [4.78, 5) is 17.0. The van der Waals surface area contributed by atoms with Crippen LogP contribution >= 0.6 is 0 Å². The lowest BCUT2D eigenvalue weighted by atomic mass is 10.1. The van der Waals surface area contributed by atoms with E-state index in [1.54, 1.807) is 6.20 Å². The largest absolute Gasteiger partial charge is 0.476 e. The molecule has 0 aliphatic carbocycles. The molecular weight excluding hydrogens is 280 g/mol. The molecule has 0 unspecified atom stereocenters. The van der Waals surface area contributed by atoms with Crippen LogP contribution in [0.1, 0.15) is 12.5 Å². The fourth-order valence-electron chi connectivity index (χ4n) is 2.18. The number of anilines is 2. The number of nitrogen functional groups attached to an aromatic ring is 2. The van der Waals surface area contributed by atoms with Gasteiger partial charge in [0.05, 0.1) is 18.5 Å². The molecule has 0 amide bonds. The smallest absolute Gasteiger partial charge is 0.247 e. The van der Waals surface area contributed by atoms with Crippen LogP contribution in [-0.2, 0) is 0 Å². The molecule has 1 aromatic carbocycles. The summed E-state index contributed by atoms with van der Waals surface area (Å²) in [5, 5.41) is 0. The molecule has 0 saturated heterocycles. The van der Waals surface area contributed by atoms with Crippen molar-refractivity contribution in [3.8, 4) is 17.1 Å². The Morgan fingerprint density at radius 1 is 1.14 bits per heavy atom. The van der Waals surface area contributed by atoms with E-state index >= 15 is 0 Å². The van der Waals surface area contributed by atoms with Crippen molar-refractivity contribution in [3.63, 3.8) is 0 Å². The van der Waals surface area contributed by atoms with Gasteiger partial charge in [-0.3, -0.25) is 0 Å². The highest BCUT2D eigenvalue weighted by molar-refractivity contribution is 5.82. The monoisotopic (exact) mass is 296 g/mol. The normalized spacial score (nSPS) is 10.8. The van der Waals surface area contributed by atoms with Crippen LogP contribution in [0.2, 0.25) is 0 Å². The third kappa shape index (κ3) is 2.48. The van der Waals surface area contributed by atoms with Gasteiger partial charge in [-0.1, -0.05) is 12.1 Å². The molecule has 7 heteroatoms. The van der Waals surface area contributed by atoms with Gasteiger partial charge in [-0.2, -0.15) is 9.97 Å². The standard InChI is InChI=1S/C15H16N6O/c1-3-22-14-12-13(20-15(17)21-14)18-7-11(19-12)9-5-4-8(2)6-10(9)16/h4-7H,3,16H2,1-2H3,(H2,17,18,20,21). The van der Waals surface area contributed by atoms with Gasteiger partial charge in [-0.05, 0) is 25.5 Å². The highest BCUT2D eigenvalue weighted by atomic mass is 16.5. The first-order valence-electron chi connectivity index (χ1n) is 6.88. The average Bonchev–Trinajstić information content (AvgIpc) is 2.47. The van der Waals surface area contributed by atoms with Crippen molar-refractivity contribution in [2.75, 3.05) is 18.1 Å². The molecule has 0 atom stereocenters. The number of hydrogen-bond donors (Lipinski definition) is 2. The van der Waals surface area contributed by atoms with Crippen molar-refractivity contribution in [2.45, 2.75) is 13.8 Å². The highest BCUT2D eigenvalue weighted by Crippen LogP contribution is 2.28. The maximum Gasteiger partial charge on any atom is 0.247 e. The van der Waals surface area contributed by atoms with E-state index in [4.69, 9.17) is 16.2 Å². The number of nitrogens with two attached hydrogens (primary N) is 2. The second-order valence-corrected chi connectivity index (χ2v) is 4.84. The summed E-state index contributed by atoms with van der Waals surface area (Å²) < 4.78 is 5.48. The fraction of sp³-hybridized carbons (Fsp3) is 0.200. The van der Waals surface area contributed by atoms with Gasteiger partial charge in [0.25, 0.3) is 0 Å². The van der Waals surface area contributed by atoms with E-state index in [-0.39, 0.29) is 5.95 Å². The number of benzene rings is 1. The SMILES string of the molecule is CCOc1nc(N)nc2ncc(-c3ccc(C)cc3N)nc12. The summed E-state index contributed by atoms with van der Waals surface area (Å²) in [5.41, 5.74) is 15.8. The Balaban J connectivity index is 2.20. The third-order valence-electron chi connectivity index (χ3n) is 3.16. The van der Waals surface area contributed by atoms with Crippen LogP contribution in [0.4, 0.5) is 11.6 Å². The molecule has 0 aliphatic rings. The first kappa shape index (κ1) is 14.0. The molecule has 0 aliphatic heterocycles. The number of hydrogen-bond acceptors (Lipinski definition) is 7. The van der Waals surface area contributed by atoms with Crippen molar-refractivity contribution < 1.29 is 4.74 Å². The minimum atomic E-state index is 0.104. The van der Waals surface area contributed by atoms with Crippen LogP contribution in [-0.4, -0.2) is 26.5 Å². The van der Waals surface area contributed by atoms with E-state index < -0.39 is 0 Å². The van der Waals surface area contributed by atoms with Gasteiger partial charge in [0.1, 0.15) is 0 Å². The Morgan fingerprint density at radius 2 is 1.95 bits per heavy atom. The summed E-state index contributed by atoms with van der Waals surface area (Å²) in [6, 6.07) is 5.78. The lowest BCUT2D eigenvalue weighted by Crippen LogP contribution is -2.04. The Labute approximate surface area is 127 Å². The molecule has 0 radical (unpaired) electrons. The van der Waals surface area contributed by atoms with Crippen molar-refractivity contribution in [1.82, 2.24) is 19.9 Å². The minimum absolute atomic E-state index is 0.104. The van der Waals surface area contributed by atoms with Crippen LogP contribution in [0.15, 0.2) is 24.4 Å². The molecule has 7 nitrogen and oxygen atoms in total. The topological polar surface area (TPSA) is 113 Å². The van der Waals surface area contributed by atoms with Crippen molar-refractivity contribution in [3.05, 3.63) is 30.0 Å². The molecule has 0 bridgehead atoms. The van der Waals surface area contributed by atoms with Crippen LogP contribution in [0.3, 0.4) is 0 Å². The lowest BCUT2D eigenvalue weighted by Gasteiger charge is -2.09. The lowest BCUT2D eigenvalue weighted by molar-refractivity contribution is 0.330. The highest BCUT2D eigenvalue weighted by Gasteiger charge is 2.13.